The molecule has 1 fully saturated rings. The van der Waals surface area contributed by atoms with Crippen molar-refractivity contribution in [1.29, 1.82) is 0 Å². The van der Waals surface area contributed by atoms with Crippen LogP contribution in [0.1, 0.15) is 25.3 Å². The highest BCUT2D eigenvalue weighted by Crippen LogP contribution is 2.32. The van der Waals surface area contributed by atoms with Crippen LogP contribution in [0.25, 0.3) is 0 Å². The molecule has 0 N–H and O–H groups in total. The first-order chi connectivity index (χ1) is 8.29. The third-order valence-electron chi connectivity index (χ3n) is 2.59. The van der Waals surface area contributed by atoms with E-state index in [1.165, 1.54) is 24.9 Å². The fourth-order valence-electron chi connectivity index (χ4n) is 1.44. The molecule has 0 unspecified atom stereocenters. The summed E-state index contributed by atoms with van der Waals surface area (Å²) in [5.41, 5.74) is 1.16. The van der Waals surface area contributed by atoms with Crippen molar-refractivity contribution >= 4 is 28.0 Å². The normalized spacial score (nSPS) is 14.9. The summed E-state index contributed by atoms with van der Waals surface area (Å²) >= 11 is 5.03. The third kappa shape index (κ3) is 4.53. The second-order valence-corrected chi connectivity index (χ2v) is 6.09. The minimum absolute atomic E-state index is 0.639. The highest BCUT2D eigenvalue weighted by atomic mass is 79.9. The Kier molecular flexibility index (Phi) is 5.19. The van der Waals surface area contributed by atoms with E-state index in [0.717, 1.165) is 34.1 Å². The molecule has 1 saturated carbocycles. The van der Waals surface area contributed by atoms with E-state index in [-0.39, 0.29) is 0 Å². The molecule has 0 spiro atoms. The second-order valence-electron chi connectivity index (χ2n) is 4.19. The van der Waals surface area contributed by atoms with E-state index < -0.39 is 0 Å². The number of benzene rings is 1. The Bertz CT molecular complexity index is 366. The Morgan fingerprint density at radius 1 is 1.41 bits per heavy atom. The first-order valence-electron chi connectivity index (χ1n) is 5.95. The van der Waals surface area contributed by atoms with Crippen molar-refractivity contribution in [1.82, 2.24) is 0 Å². The SMILES string of the molecule is CCSOCc1ccc(OCC2CC2)c(Br)c1. The molecule has 0 bridgehead atoms. The zero-order valence-corrected chi connectivity index (χ0v) is 12.4. The smallest absolute Gasteiger partial charge is 0.133 e. The maximum atomic E-state index is 5.75. The molecule has 1 aromatic carbocycles. The van der Waals surface area contributed by atoms with Gasteiger partial charge in [0.2, 0.25) is 0 Å². The lowest BCUT2D eigenvalue weighted by Crippen LogP contribution is -1.99. The van der Waals surface area contributed by atoms with Crippen molar-refractivity contribution in [2.45, 2.75) is 26.4 Å². The van der Waals surface area contributed by atoms with Gasteiger partial charge in [-0.3, -0.25) is 0 Å². The van der Waals surface area contributed by atoms with Gasteiger partial charge in [0.05, 0.1) is 17.7 Å². The number of hydrogen-bond acceptors (Lipinski definition) is 3. The molecule has 94 valence electrons. The highest BCUT2D eigenvalue weighted by Gasteiger charge is 2.22. The van der Waals surface area contributed by atoms with E-state index in [4.69, 9.17) is 8.92 Å². The molecule has 1 aromatic rings. The van der Waals surface area contributed by atoms with E-state index in [1.807, 2.05) is 6.07 Å². The van der Waals surface area contributed by atoms with Gasteiger partial charge in [-0.15, -0.1) is 0 Å². The molecule has 2 rings (SSSR count). The van der Waals surface area contributed by atoms with Crippen LogP contribution in [-0.2, 0) is 10.8 Å². The van der Waals surface area contributed by atoms with Crippen LogP contribution in [0.3, 0.4) is 0 Å². The highest BCUT2D eigenvalue weighted by molar-refractivity contribution is 9.10. The monoisotopic (exact) mass is 316 g/mol. The molecule has 4 heteroatoms. The summed E-state index contributed by atoms with van der Waals surface area (Å²) in [5.74, 6) is 2.69. The van der Waals surface area contributed by atoms with Gasteiger partial charge in [0, 0.05) is 5.75 Å². The van der Waals surface area contributed by atoms with Crippen molar-refractivity contribution in [2.24, 2.45) is 5.92 Å². The maximum absolute atomic E-state index is 5.75. The molecule has 17 heavy (non-hydrogen) atoms. The molecule has 0 saturated heterocycles. The molecular formula is C13H17BrO2S. The molecule has 0 heterocycles. The Balaban J connectivity index is 1.85. The summed E-state index contributed by atoms with van der Waals surface area (Å²) < 4.78 is 12.2. The van der Waals surface area contributed by atoms with Gasteiger partial charge in [0.25, 0.3) is 0 Å². The van der Waals surface area contributed by atoms with Gasteiger partial charge < -0.3 is 8.92 Å². The summed E-state index contributed by atoms with van der Waals surface area (Å²) in [6.07, 6.45) is 2.63. The lowest BCUT2D eigenvalue weighted by molar-refractivity contribution is 0.297. The number of rotatable bonds is 7. The molecule has 0 atom stereocenters. The van der Waals surface area contributed by atoms with Gasteiger partial charge in [-0.1, -0.05) is 13.0 Å². The van der Waals surface area contributed by atoms with Crippen LogP contribution in [0.5, 0.6) is 5.75 Å². The molecule has 0 amide bonds. The van der Waals surface area contributed by atoms with Crippen molar-refractivity contribution in [3.8, 4) is 5.75 Å². The number of ether oxygens (including phenoxy) is 1. The summed E-state index contributed by atoms with van der Waals surface area (Å²) in [4.78, 5) is 0. The first kappa shape index (κ1) is 13.2. The maximum Gasteiger partial charge on any atom is 0.133 e. The van der Waals surface area contributed by atoms with Gasteiger partial charge in [-0.25, -0.2) is 0 Å². The van der Waals surface area contributed by atoms with Gasteiger partial charge in [0.1, 0.15) is 5.75 Å². The van der Waals surface area contributed by atoms with Crippen molar-refractivity contribution < 1.29 is 8.92 Å². The zero-order valence-electron chi connectivity index (χ0n) is 9.95. The van der Waals surface area contributed by atoms with Gasteiger partial charge in [-0.2, -0.15) is 0 Å². The third-order valence-corrected chi connectivity index (χ3v) is 3.73. The first-order valence-corrected chi connectivity index (χ1v) is 7.65. The van der Waals surface area contributed by atoms with Gasteiger partial charge in [-0.05, 0) is 64.4 Å². The fourth-order valence-corrected chi connectivity index (χ4v) is 2.36. The minimum Gasteiger partial charge on any atom is -0.492 e. The van der Waals surface area contributed by atoms with Crippen molar-refractivity contribution in [2.75, 3.05) is 12.4 Å². The lowest BCUT2D eigenvalue weighted by atomic mass is 10.2. The van der Waals surface area contributed by atoms with Crippen molar-refractivity contribution in [3.05, 3.63) is 28.2 Å². The standard InChI is InChI=1S/C13H17BrO2S/c1-2-17-16-9-11-5-6-13(12(14)7-11)15-8-10-3-4-10/h5-7,10H,2-4,8-9H2,1H3. The molecule has 2 nitrogen and oxygen atoms in total. The Morgan fingerprint density at radius 3 is 2.88 bits per heavy atom. The minimum atomic E-state index is 0.639. The van der Waals surface area contributed by atoms with E-state index in [0.29, 0.717) is 6.61 Å². The van der Waals surface area contributed by atoms with Crippen LogP contribution < -0.4 is 4.74 Å². The van der Waals surface area contributed by atoms with Gasteiger partial charge >= 0.3 is 0 Å². The molecule has 1 aliphatic rings. The Labute approximate surface area is 115 Å². The van der Waals surface area contributed by atoms with Crippen LogP contribution in [0.4, 0.5) is 0 Å². The summed E-state index contributed by atoms with van der Waals surface area (Å²) in [6.45, 7) is 3.57. The van der Waals surface area contributed by atoms with Crippen LogP contribution in [0.15, 0.2) is 22.7 Å². The number of halogens is 1. The second kappa shape index (κ2) is 6.66. The van der Waals surface area contributed by atoms with E-state index >= 15 is 0 Å². The molecular weight excluding hydrogens is 300 g/mol. The van der Waals surface area contributed by atoms with Crippen LogP contribution in [0, 0.1) is 5.92 Å². The van der Waals surface area contributed by atoms with E-state index in [9.17, 15) is 0 Å². The Hall–Kier alpha value is -0.190. The average molecular weight is 317 g/mol. The predicted molar refractivity (Wildman–Crippen MR) is 75.3 cm³/mol. The van der Waals surface area contributed by atoms with Crippen LogP contribution in [-0.4, -0.2) is 12.4 Å². The largest absolute Gasteiger partial charge is 0.492 e. The molecule has 0 aromatic heterocycles. The quantitative estimate of drug-likeness (QED) is 0.548. The van der Waals surface area contributed by atoms with Crippen LogP contribution in [0.2, 0.25) is 0 Å². The van der Waals surface area contributed by atoms with Gasteiger partial charge in [0.15, 0.2) is 0 Å². The molecule has 0 radical (unpaired) electrons. The summed E-state index contributed by atoms with van der Waals surface area (Å²) in [7, 11) is 0. The molecule has 0 aliphatic heterocycles. The summed E-state index contributed by atoms with van der Waals surface area (Å²) in [5, 5.41) is 0. The van der Waals surface area contributed by atoms with Crippen molar-refractivity contribution in [3.63, 3.8) is 0 Å². The zero-order chi connectivity index (χ0) is 12.1. The summed E-state index contributed by atoms with van der Waals surface area (Å²) in [6, 6.07) is 6.14. The topological polar surface area (TPSA) is 18.5 Å². The number of hydrogen-bond donors (Lipinski definition) is 0. The molecule has 1 aliphatic carbocycles. The Morgan fingerprint density at radius 2 is 2.24 bits per heavy atom. The average Bonchev–Trinajstić information content (AvgIpc) is 3.12. The van der Waals surface area contributed by atoms with E-state index in [2.05, 4.69) is 35.0 Å². The van der Waals surface area contributed by atoms with Crippen LogP contribution >= 0.6 is 28.0 Å². The predicted octanol–water partition coefficient (Wildman–Crippen LogP) is 4.42. The lowest BCUT2D eigenvalue weighted by Gasteiger charge is -2.09. The fraction of sp³-hybridized carbons (Fsp3) is 0.538. The van der Waals surface area contributed by atoms with E-state index in [1.54, 1.807) is 0 Å².